The fourth-order valence-electron chi connectivity index (χ4n) is 3.11. The van der Waals surface area contributed by atoms with Gasteiger partial charge < -0.3 is 9.84 Å². The summed E-state index contributed by atoms with van der Waals surface area (Å²) in [5.41, 5.74) is 0.0402. The molecule has 1 N–H and O–H groups in total. The van der Waals surface area contributed by atoms with E-state index in [1.54, 1.807) is 12.1 Å². The summed E-state index contributed by atoms with van der Waals surface area (Å²) < 4.78 is 20.6. The van der Waals surface area contributed by atoms with Crippen molar-refractivity contribution in [1.29, 1.82) is 0 Å². The van der Waals surface area contributed by atoms with Crippen LogP contribution < -0.4 is 0 Å². The lowest BCUT2D eigenvalue weighted by molar-refractivity contribution is -0.138. The summed E-state index contributed by atoms with van der Waals surface area (Å²) in [5.74, 6) is -0.269. The summed E-state index contributed by atoms with van der Waals surface area (Å²) >= 11 is 3.35. The van der Waals surface area contributed by atoms with Gasteiger partial charge in [0.1, 0.15) is 5.82 Å². The predicted molar refractivity (Wildman–Crippen MR) is 81.3 cm³/mol. The van der Waals surface area contributed by atoms with Crippen LogP contribution in [0.1, 0.15) is 44.6 Å². The Hall–Kier alpha value is -0.450. The fourth-order valence-corrected chi connectivity index (χ4v) is 3.51. The highest BCUT2D eigenvalue weighted by atomic mass is 79.9. The van der Waals surface area contributed by atoms with E-state index in [4.69, 9.17) is 4.74 Å². The highest BCUT2D eigenvalue weighted by Gasteiger charge is 2.40. The third kappa shape index (κ3) is 3.60. The monoisotopic (exact) mass is 344 g/mol. The first-order chi connectivity index (χ1) is 9.57. The first-order valence-electron chi connectivity index (χ1n) is 7.33. The van der Waals surface area contributed by atoms with Crippen molar-refractivity contribution >= 4 is 15.9 Å². The fraction of sp³-hybridized carbons (Fsp3) is 0.625. The van der Waals surface area contributed by atoms with Gasteiger partial charge in [0.05, 0.1) is 11.7 Å². The Balaban J connectivity index is 2.15. The molecule has 2 rings (SSSR count). The maximum absolute atomic E-state index is 13.8. The average molecular weight is 345 g/mol. The van der Waals surface area contributed by atoms with Gasteiger partial charge in [-0.3, -0.25) is 0 Å². The average Bonchev–Trinajstić information content (AvgIpc) is 2.44. The van der Waals surface area contributed by atoms with E-state index < -0.39 is 11.7 Å². The standard InChI is InChI=1S/C16H22BrFO2/c1-2-20-16(8-4-3-5-9-16)15(19)11-12-10-13(17)6-7-14(12)18/h6-7,10,15,19H,2-5,8-9,11H2,1H3. The molecule has 1 unspecified atom stereocenters. The van der Waals surface area contributed by atoms with Gasteiger partial charge in [-0.05, 0) is 43.5 Å². The van der Waals surface area contributed by atoms with E-state index in [0.29, 0.717) is 18.6 Å². The molecular weight excluding hydrogens is 323 g/mol. The second-order valence-corrected chi connectivity index (χ2v) is 6.43. The van der Waals surface area contributed by atoms with Crippen molar-refractivity contribution in [3.63, 3.8) is 0 Å². The molecule has 1 aromatic carbocycles. The molecule has 0 aliphatic heterocycles. The lowest BCUT2D eigenvalue weighted by Crippen LogP contribution is -2.47. The van der Waals surface area contributed by atoms with Crippen LogP contribution in [0.5, 0.6) is 0 Å². The summed E-state index contributed by atoms with van der Waals surface area (Å²) in [5, 5.41) is 10.6. The molecule has 1 fully saturated rings. The van der Waals surface area contributed by atoms with Gasteiger partial charge in [-0.2, -0.15) is 0 Å². The van der Waals surface area contributed by atoms with Gasteiger partial charge in [-0.15, -0.1) is 0 Å². The molecule has 0 aromatic heterocycles. The Labute approximate surface area is 128 Å². The van der Waals surface area contributed by atoms with Crippen LogP contribution in [0, 0.1) is 5.82 Å². The summed E-state index contributed by atoms with van der Waals surface area (Å²) in [6.07, 6.45) is 4.68. The normalized spacial score (nSPS) is 19.8. The van der Waals surface area contributed by atoms with E-state index in [0.717, 1.165) is 30.2 Å². The molecule has 0 amide bonds. The minimum absolute atomic E-state index is 0.269. The topological polar surface area (TPSA) is 29.5 Å². The molecular formula is C16H22BrFO2. The minimum Gasteiger partial charge on any atom is -0.390 e. The minimum atomic E-state index is -0.661. The highest BCUT2D eigenvalue weighted by Crippen LogP contribution is 2.36. The van der Waals surface area contributed by atoms with Crippen LogP contribution in [0.4, 0.5) is 4.39 Å². The molecule has 1 aromatic rings. The van der Waals surface area contributed by atoms with Crippen LogP contribution in [-0.2, 0) is 11.2 Å². The summed E-state index contributed by atoms with van der Waals surface area (Å²) in [4.78, 5) is 0. The summed E-state index contributed by atoms with van der Waals surface area (Å²) in [6.45, 7) is 2.53. The summed E-state index contributed by atoms with van der Waals surface area (Å²) in [6, 6.07) is 4.84. The molecule has 0 bridgehead atoms. The van der Waals surface area contributed by atoms with Crippen molar-refractivity contribution in [1.82, 2.24) is 0 Å². The molecule has 112 valence electrons. The van der Waals surface area contributed by atoms with Crippen molar-refractivity contribution in [3.8, 4) is 0 Å². The number of hydrogen-bond acceptors (Lipinski definition) is 2. The van der Waals surface area contributed by atoms with E-state index in [1.807, 2.05) is 6.92 Å². The molecule has 2 nitrogen and oxygen atoms in total. The van der Waals surface area contributed by atoms with Crippen molar-refractivity contribution in [2.24, 2.45) is 0 Å². The van der Waals surface area contributed by atoms with E-state index in [9.17, 15) is 9.50 Å². The van der Waals surface area contributed by atoms with Crippen molar-refractivity contribution in [2.75, 3.05) is 6.61 Å². The van der Waals surface area contributed by atoms with Gasteiger partial charge >= 0.3 is 0 Å². The van der Waals surface area contributed by atoms with E-state index >= 15 is 0 Å². The van der Waals surface area contributed by atoms with Gasteiger partial charge in [0, 0.05) is 17.5 Å². The molecule has 1 saturated carbocycles. The van der Waals surface area contributed by atoms with Crippen LogP contribution in [0.2, 0.25) is 0 Å². The number of halogens is 2. The first kappa shape index (κ1) is 15.9. The number of ether oxygens (including phenoxy) is 1. The third-order valence-electron chi connectivity index (χ3n) is 4.16. The van der Waals surface area contributed by atoms with Crippen molar-refractivity contribution < 1.29 is 14.2 Å². The van der Waals surface area contributed by atoms with Gasteiger partial charge in [0.25, 0.3) is 0 Å². The smallest absolute Gasteiger partial charge is 0.126 e. The van der Waals surface area contributed by atoms with Crippen LogP contribution in [0.25, 0.3) is 0 Å². The zero-order valence-electron chi connectivity index (χ0n) is 11.9. The molecule has 0 spiro atoms. The zero-order chi connectivity index (χ0) is 14.6. The Bertz CT molecular complexity index is 439. The molecule has 20 heavy (non-hydrogen) atoms. The Morgan fingerprint density at radius 2 is 2.05 bits per heavy atom. The van der Waals surface area contributed by atoms with Crippen LogP contribution >= 0.6 is 15.9 Å². The molecule has 1 atom stereocenters. The van der Waals surface area contributed by atoms with Crippen LogP contribution in [0.15, 0.2) is 22.7 Å². The van der Waals surface area contributed by atoms with Gasteiger partial charge in [-0.1, -0.05) is 35.2 Å². The number of aliphatic hydroxyl groups is 1. The molecule has 0 heterocycles. The third-order valence-corrected chi connectivity index (χ3v) is 4.65. The van der Waals surface area contributed by atoms with Crippen LogP contribution in [0.3, 0.4) is 0 Å². The van der Waals surface area contributed by atoms with Gasteiger partial charge in [-0.25, -0.2) is 4.39 Å². The zero-order valence-corrected chi connectivity index (χ0v) is 13.5. The molecule has 4 heteroatoms. The van der Waals surface area contributed by atoms with Crippen molar-refractivity contribution in [2.45, 2.75) is 57.2 Å². The lowest BCUT2D eigenvalue weighted by atomic mass is 9.78. The maximum Gasteiger partial charge on any atom is 0.126 e. The number of benzene rings is 1. The second kappa shape index (κ2) is 7.01. The first-order valence-corrected chi connectivity index (χ1v) is 8.12. The van der Waals surface area contributed by atoms with E-state index in [1.165, 1.54) is 12.5 Å². The summed E-state index contributed by atoms with van der Waals surface area (Å²) in [7, 11) is 0. The quantitative estimate of drug-likeness (QED) is 0.865. The second-order valence-electron chi connectivity index (χ2n) is 5.51. The Morgan fingerprint density at radius 3 is 2.70 bits per heavy atom. The number of rotatable bonds is 5. The number of aliphatic hydroxyl groups excluding tert-OH is 1. The SMILES string of the molecule is CCOC1(C(O)Cc2cc(Br)ccc2F)CCCCC1. The van der Waals surface area contributed by atoms with Crippen molar-refractivity contribution in [3.05, 3.63) is 34.1 Å². The van der Waals surface area contributed by atoms with E-state index in [-0.39, 0.29) is 5.82 Å². The molecule has 1 aliphatic carbocycles. The highest BCUT2D eigenvalue weighted by molar-refractivity contribution is 9.10. The van der Waals surface area contributed by atoms with Gasteiger partial charge in [0.2, 0.25) is 0 Å². The van der Waals surface area contributed by atoms with E-state index in [2.05, 4.69) is 15.9 Å². The maximum atomic E-state index is 13.8. The lowest BCUT2D eigenvalue weighted by Gasteiger charge is -2.41. The Kier molecular flexibility index (Phi) is 5.58. The predicted octanol–water partition coefficient (Wildman–Crippen LogP) is 4.23. The molecule has 1 aliphatic rings. The van der Waals surface area contributed by atoms with Crippen LogP contribution in [-0.4, -0.2) is 23.4 Å². The molecule has 0 saturated heterocycles. The van der Waals surface area contributed by atoms with Gasteiger partial charge in [0.15, 0.2) is 0 Å². The number of hydrogen-bond donors (Lipinski definition) is 1. The molecule has 0 radical (unpaired) electrons. The Morgan fingerprint density at radius 1 is 1.35 bits per heavy atom. The largest absolute Gasteiger partial charge is 0.390 e.